The molecule has 4 rings (SSSR count). The summed E-state index contributed by atoms with van der Waals surface area (Å²) in [5, 5.41) is 14.5. The van der Waals surface area contributed by atoms with E-state index in [4.69, 9.17) is 28.9 Å². The summed E-state index contributed by atoms with van der Waals surface area (Å²) >= 11 is 12.4. The Morgan fingerprint density at radius 3 is 2.31 bits per heavy atom. The number of halogens is 5. The predicted octanol–water partition coefficient (Wildman–Crippen LogP) is 4.62. The highest BCUT2D eigenvalue weighted by molar-refractivity contribution is 6.37. The van der Waals surface area contributed by atoms with Crippen LogP contribution in [0.2, 0.25) is 10.0 Å². The van der Waals surface area contributed by atoms with Crippen molar-refractivity contribution >= 4 is 40.5 Å². The molecule has 0 bridgehead atoms. The molecule has 0 fully saturated rings. The van der Waals surface area contributed by atoms with E-state index in [2.05, 4.69) is 20.7 Å². The van der Waals surface area contributed by atoms with Gasteiger partial charge in [-0.15, -0.1) is 5.10 Å². The molecule has 4 aromatic rings. The summed E-state index contributed by atoms with van der Waals surface area (Å²) in [4.78, 5) is 11.9. The van der Waals surface area contributed by atoms with Crippen LogP contribution in [0.5, 0.6) is 0 Å². The first kappa shape index (κ1) is 21.7. The Bertz CT molecular complexity index is 1280. The molecule has 2 aromatic heterocycles. The summed E-state index contributed by atoms with van der Waals surface area (Å²) in [5.41, 5.74) is 5.55. The maximum atomic E-state index is 13.1. The lowest BCUT2D eigenvalue weighted by atomic mass is 10.2. The van der Waals surface area contributed by atoms with Crippen molar-refractivity contribution < 1.29 is 18.0 Å². The second-order valence-electron chi connectivity index (χ2n) is 6.47. The number of nitrogens with two attached hydrogens (primary N) is 1. The van der Waals surface area contributed by atoms with Crippen LogP contribution in [0.1, 0.15) is 16.2 Å². The van der Waals surface area contributed by atoms with E-state index in [-0.39, 0.29) is 17.1 Å². The highest BCUT2D eigenvalue weighted by Crippen LogP contribution is 2.32. The molecule has 0 aliphatic rings. The van der Waals surface area contributed by atoms with E-state index in [1.165, 1.54) is 35.1 Å². The Labute approximate surface area is 188 Å². The monoisotopic (exact) mass is 481 g/mol. The molecule has 8 nitrogen and oxygen atoms in total. The van der Waals surface area contributed by atoms with Crippen LogP contribution in [-0.2, 0) is 6.18 Å². The fourth-order valence-corrected chi connectivity index (χ4v) is 3.50. The van der Waals surface area contributed by atoms with Gasteiger partial charge < -0.3 is 11.1 Å². The zero-order valence-corrected chi connectivity index (χ0v) is 17.3. The number of hydrogen-bond acceptors (Lipinski definition) is 5. The molecular formula is C19H12Cl2F3N7O. The molecule has 164 valence electrons. The smallest absolute Gasteiger partial charge is 0.364 e. The fourth-order valence-electron chi connectivity index (χ4n) is 2.93. The van der Waals surface area contributed by atoms with Crippen LogP contribution < -0.4 is 11.1 Å². The SMILES string of the molecule is NC(=O)c1nn(-c2c(Cl)cccc2Cl)cc1Nc1ccc(-n2nncc2C(F)(F)F)cc1. The van der Waals surface area contributed by atoms with Crippen molar-refractivity contribution in [2.45, 2.75) is 6.18 Å². The van der Waals surface area contributed by atoms with Gasteiger partial charge in [-0.25, -0.2) is 9.36 Å². The second-order valence-corrected chi connectivity index (χ2v) is 7.29. The molecule has 0 atom stereocenters. The topological polar surface area (TPSA) is 104 Å². The van der Waals surface area contributed by atoms with Crippen LogP contribution in [0, 0.1) is 0 Å². The number of hydrogen-bond donors (Lipinski definition) is 2. The van der Waals surface area contributed by atoms with Gasteiger partial charge in [0, 0.05) is 5.69 Å². The van der Waals surface area contributed by atoms with Crippen molar-refractivity contribution in [3.05, 3.63) is 76.3 Å². The summed E-state index contributed by atoms with van der Waals surface area (Å²) in [7, 11) is 0. The number of amides is 1. The van der Waals surface area contributed by atoms with Crippen LogP contribution in [0.25, 0.3) is 11.4 Å². The number of carbonyl (C=O) groups excluding carboxylic acids is 1. The Hall–Kier alpha value is -3.57. The van der Waals surface area contributed by atoms with Crippen molar-refractivity contribution in [2.24, 2.45) is 5.73 Å². The number of rotatable bonds is 5. The molecule has 2 aromatic carbocycles. The molecule has 0 saturated carbocycles. The lowest BCUT2D eigenvalue weighted by Crippen LogP contribution is -2.14. The molecule has 0 saturated heterocycles. The summed E-state index contributed by atoms with van der Waals surface area (Å²) in [6.07, 6.45) is -2.49. The van der Waals surface area contributed by atoms with Crippen molar-refractivity contribution in [3.8, 4) is 11.4 Å². The van der Waals surface area contributed by atoms with Crippen LogP contribution >= 0.6 is 23.2 Å². The number of aromatic nitrogens is 5. The third-order valence-corrected chi connectivity index (χ3v) is 4.95. The third kappa shape index (κ3) is 4.12. The first-order valence-corrected chi connectivity index (χ1v) is 9.60. The standard InChI is InChI=1S/C19H12Cl2F3N7O/c20-12-2-1-3-13(21)17(12)30-9-14(16(28-30)18(25)32)27-10-4-6-11(7-5-10)31-15(8-26-29-31)19(22,23)24/h1-9,27H,(H2,25,32). The van der Waals surface area contributed by atoms with E-state index in [0.29, 0.717) is 32.3 Å². The van der Waals surface area contributed by atoms with Gasteiger partial charge in [-0.1, -0.05) is 34.5 Å². The summed E-state index contributed by atoms with van der Waals surface area (Å²) < 4.78 is 41.2. The number of primary amides is 1. The van der Waals surface area contributed by atoms with Gasteiger partial charge in [0.2, 0.25) is 0 Å². The molecule has 3 N–H and O–H groups in total. The summed E-state index contributed by atoms with van der Waals surface area (Å²) in [6.45, 7) is 0. The van der Waals surface area contributed by atoms with E-state index in [9.17, 15) is 18.0 Å². The number of alkyl halides is 3. The van der Waals surface area contributed by atoms with Gasteiger partial charge >= 0.3 is 6.18 Å². The van der Waals surface area contributed by atoms with E-state index in [0.717, 1.165) is 0 Å². The van der Waals surface area contributed by atoms with Crippen molar-refractivity contribution in [3.63, 3.8) is 0 Å². The van der Waals surface area contributed by atoms with Gasteiger partial charge in [0.25, 0.3) is 5.91 Å². The Balaban J connectivity index is 1.66. The van der Waals surface area contributed by atoms with E-state index in [1.807, 2.05) is 0 Å². The zero-order valence-electron chi connectivity index (χ0n) is 15.8. The first-order chi connectivity index (χ1) is 15.1. The van der Waals surface area contributed by atoms with Crippen molar-refractivity contribution in [1.29, 1.82) is 0 Å². The average molecular weight is 482 g/mol. The van der Waals surface area contributed by atoms with Crippen molar-refractivity contribution in [2.75, 3.05) is 5.32 Å². The fraction of sp³-hybridized carbons (Fsp3) is 0.0526. The molecule has 0 unspecified atom stereocenters. The molecule has 0 aliphatic carbocycles. The summed E-state index contributed by atoms with van der Waals surface area (Å²) in [6, 6.07) is 10.7. The minimum Gasteiger partial charge on any atom is -0.364 e. The minimum absolute atomic E-state index is 0.0827. The number of anilines is 2. The van der Waals surface area contributed by atoms with Gasteiger partial charge in [-0.2, -0.15) is 18.3 Å². The number of nitrogens with zero attached hydrogens (tertiary/aromatic N) is 5. The third-order valence-electron chi connectivity index (χ3n) is 4.34. The quantitative estimate of drug-likeness (QED) is 0.432. The van der Waals surface area contributed by atoms with Crippen LogP contribution in [0.4, 0.5) is 24.5 Å². The molecule has 0 spiro atoms. The number of nitrogens with one attached hydrogen (secondary N) is 1. The number of carbonyl (C=O) groups is 1. The molecule has 0 aliphatic heterocycles. The molecule has 13 heteroatoms. The molecular weight excluding hydrogens is 470 g/mol. The lowest BCUT2D eigenvalue weighted by molar-refractivity contribution is -0.142. The van der Waals surface area contributed by atoms with Crippen molar-refractivity contribution in [1.82, 2.24) is 24.8 Å². The van der Waals surface area contributed by atoms with Crippen LogP contribution in [0.15, 0.2) is 54.9 Å². The van der Waals surface area contributed by atoms with Crippen LogP contribution in [-0.4, -0.2) is 30.7 Å². The van der Waals surface area contributed by atoms with Crippen LogP contribution in [0.3, 0.4) is 0 Å². The maximum Gasteiger partial charge on any atom is 0.435 e. The Kier molecular flexibility index (Phi) is 5.53. The predicted molar refractivity (Wildman–Crippen MR) is 112 cm³/mol. The normalized spacial score (nSPS) is 11.5. The zero-order chi connectivity index (χ0) is 23.0. The Morgan fingerprint density at radius 1 is 1.06 bits per heavy atom. The van der Waals surface area contributed by atoms with Gasteiger partial charge in [0.1, 0.15) is 5.69 Å². The highest BCUT2D eigenvalue weighted by Gasteiger charge is 2.36. The second kappa shape index (κ2) is 8.17. The van der Waals surface area contributed by atoms with Gasteiger partial charge in [0.05, 0.1) is 33.8 Å². The first-order valence-electron chi connectivity index (χ1n) is 8.84. The minimum atomic E-state index is -4.61. The average Bonchev–Trinajstić information content (AvgIpc) is 3.36. The molecule has 2 heterocycles. The lowest BCUT2D eigenvalue weighted by Gasteiger charge is -2.10. The number of para-hydroxylation sites is 1. The maximum absolute atomic E-state index is 13.1. The van der Waals surface area contributed by atoms with E-state index in [1.54, 1.807) is 18.2 Å². The molecule has 0 radical (unpaired) electrons. The largest absolute Gasteiger partial charge is 0.435 e. The molecule has 32 heavy (non-hydrogen) atoms. The Morgan fingerprint density at radius 2 is 1.72 bits per heavy atom. The van der Waals surface area contributed by atoms with Gasteiger partial charge in [-0.05, 0) is 36.4 Å². The number of benzene rings is 2. The van der Waals surface area contributed by atoms with Gasteiger partial charge in [0.15, 0.2) is 11.4 Å². The molecule has 1 amide bonds. The van der Waals surface area contributed by atoms with Gasteiger partial charge in [-0.3, -0.25) is 4.79 Å². The van der Waals surface area contributed by atoms with E-state index < -0.39 is 17.8 Å². The summed E-state index contributed by atoms with van der Waals surface area (Å²) in [5.74, 6) is -0.802. The highest BCUT2D eigenvalue weighted by atomic mass is 35.5. The van der Waals surface area contributed by atoms with E-state index >= 15 is 0 Å².